The fourth-order valence-corrected chi connectivity index (χ4v) is 4.95. The number of rotatable bonds is 6. The summed E-state index contributed by atoms with van der Waals surface area (Å²) in [7, 11) is -1.90. The zero-order valence-corrected chi connectivity index (χ0v) is 16.9. The summed E-state index contributed by atoms with van der Waals surface area (Å²) < 4.78 is 29.3. The Hall–Kier alpha value is -2.44. The van der Waals surface area contributed by atoms with Gasteiger partial charge in [0.15, 0.2) is 0 Å². The Kier molecular flexibility index (Phi) is 5.33. The lowest BCUT2D eigenvalue weighted by Crippen LogP contribution is -2.26. The minimum Gasteiger partial charge on any atom is -0.268 e. The van der Waals surface area contributed by atoms with Crippen LogP contribution in [-0.4, -0.2) is 29.6 Å². The molecule has 1 aliphatic carbocycles. The Morgan fingerprint density at radius 2 is 1.75 bits per heavy atom. The smallest absolute Gasteiger partial charge is 0.243 e. The minimum atomic E-state index is -3.52. The van der Waals surface area contributed by atoms with Gasteiger partial charge in [0.05, 0.1) is 17.6 Å². The summed E-state index contributed by atoms with van der Waals surface area (Å²) in [6.07, 6.45) is 7.98. The van der Waals surface area contributed by atoms with Gasteiger partial charge in [0.1, 0.15) is 0 Å². The van der Waals surface area contributed by atoms with Crippen LogP contribution in [0.15, 0.2) is 65.8 Å². The van der Waals surface area contributed by atoms with Crippen molar-refractivity contribution in [1.29, 1.82) is 0 Å². The largest absolute Gasteiger partial charge is 0.268 e. The summed E-state index contributed by atoms with van der Waals surface area (Å²) in [6, 6.07) is 15.7. The minimum absolute atomic E-state index is 0.300. The van der Waals surface area contributed by atoms with Gasteiger partial charge in [0.2, 0.25) is 10.0 Å². The summed E-state index contributed by atoms with van der Waals surface area (Å²) >= 11 is 0. The van der Waals surface area contributed by atoms with Gasteiger partial charge in [-0.3, -0.25) is 4.68 Å². The maximum atomic E-state index is 13.0. The van der Waals surface area contributed by atoms with Crippen LogP contribution in [0.1, 0.15) is 35.1 Å². The molecule has 0 spiro atoms. The second kappa shape index (κ2) is 7.89. The number of nitrogens with zero attached hydrogens (tertiary/aromatic N) is 3. The van der Waals surface area contributed by atoms with Crippen molar-refractivity contribution in [2.24, 2.45) is 0 Å². The third-order valence-electron chi connectivity index (χ3n) is 5.31. The molecule has 0 saturated carbocycles. The number of hydrogen-bond acceptors (Lipinski definition) is 3. The van der Waals surface area contributed by atoms with Crippen molar-refractivity contribution in [3.63, 3.8) is 0 Å². The molecule has 6 heteroatoms. The Bertz CT molecular complexity index is 1060. The van der Waals surface area contributed by atoms with E-state index < -0.39 is 10.0 Å². The molecule has 0 N–H and O–H groups in total. The zero-order valence-electron chi connectivity index (χ0n) is 16.1. The second-order valence-corrected chi connectivity index (χ2v) is 9.48. The van der Waals surface area contributed by atoms with Gasteiger partial charge in [-0.05, 0) is 54.5 Å². The van der Waals surface area contributed by atoms with Crippen LogP contribution in [-0.2, 0) is 36.0 Å². The summed E-state index contributed by atoms with van der Waals surface area (Å²) in [5, 5.41) is 4.37. The number of hydrogen-bond donors (Lipinski definition) is 0. The van der Waals surface area contributed by atoms with E-state index in [0.717, 1.165) is 30.4 Å². The van der Waals surface area contributed by atoms with Crippen LogP contribution in [0.5, 0.6) is 0 Å². The summed E-state index contributed by atoms with van der Waals surface area (Å²) in [6.45, 7) is 0.969. The van der Waals surface area contributed by atoms with Crippen molar-refractivity contribution in [1.82, 2.24) is 14.1 Å². The van der Waals surface area contributed by atoms with E-state index in [4.69, 9.17) is 0 Å². The number of fused-ring (bicyclic) bond motifs is 1. The normalized spacial score (nSPS) is 14.2. The maximum Gasteiger partial charge on any atom is 0.243 e. The number of sulfonamides is 1. The van der Waals surface area contributed by atoms with Crippen LogP contribution in [0.3, 0.4) is 0 Å². The maximum absolute atomic E-state index is 13.0. The van der Waals surface area contributed by atoms with Crippen molar-refractivity contribution in [3.05, 3.63) is 83.2 Å². The van der Waals surface area contributed by atoms with Crippen molar-refractivity contribution in [3.8, 4) is 0 Å². The Morgan fingerprint density at radius 1 is 1.00 bits per heavy atom. The fourth-order valence-electron chi connectivity index (χ4n) is 3.74. The van der Waals surface area contributed by atoms with E-state index >= 15 is 0 Å². The molecule has 0 amide bonds. The van der Waals surface area contributed by atoms with Crippen LogP contribution >= 0.6 is 0 Å². The highest BCUT2D eigenvalue weighted by atomic mass is 32.2. The SMILES string of the molecule is CN(Cc1cnn(Cc2ccccc2)c1)S(=O)(=O)c1ccc2c(c1)CCCC2. The Balaban J connectivity index is 1.48. The summed E-state index contributed by atoms with van der Waals surface area (Å²) in [5.41, 5.74) is 4.50. The molecule has 0 atom stereocenters. The topological polar surface area (TPSA) is 55.2 Å². The van der Waals surface area contributed by atoms with Crippen LogP contribution < -0.4 is 0 Å². The van der Waals surface area contributed by atoms with Crippen molar-refractivity contribution in [2.75, 3.05) is 7.05 Å². The molecule has 28 heavy (non-hydrogen) atoms. The van der Waals surface area contributed by atoms with Gasteiger partial charge < -0.3 is 0 Å². The molecule has 0 fully saturated rings. The molecule has 5 nitrogen and oxygen atoms in total. The van der Waals surface area contributed by atoms with E-state index in [1.807, 2.05) is 53.3 Å². The van der Waals surface area contributed by atoms with Crippen LogP contribution in [0, 0.1) is 0 Å². The standard InChI is InChI=1S/C22H25N3O2S/c1-24(15-19-14-23-25(17-19)16-18-7-3-2-4-8-18)28(26,27)22-12-11-20-9-5-6-10-21(20)13-22/h2-4,7-8,11-14,17H,5-6,9-10,15-16H2,1H3. The lowest BCUT2D eigenvalue weighted by atomic mass is 9.92. The van der Waals surface area contributed by atoms with Gasteiger partial charge in [-0.1, -0.05) is 36.4 Å². The molecular weight excluding hydrogens is 370 g/mol. The predicted octanol–water partition coefficient (Wildman–Crippen LogP) is 3.63. The Labute approximate surface area is 166 Å². The van der Waals surface area contributed by atoms with E-state index in [1.54, 1.807) is 19.3 Å². The first-order chi connectivity index (χ1) is 13.5. The van der Waals surface area contributed by atoms with E-state index in [-0.39, 0.29) is 0 Å². The third-order valence-corrected chi connectivity index (χ3v) is 7.11. The van der Waals surface area contributed by atoms with Gasteiger partial charge in [0.25, 0.3) is 0 Å². The highest BCUT2D eigenvalue weighted by Crippen LogP contribution is 2.25. The zero-order chi connectivity index (χ0) is 19.6. The molecule has 0 unspecified atom stereocenters. The number of aromatic nitrogens is 2. The first-order valence-corrected chi connectivity index (χ1v) is 11.1. The number of aryl methyl sites for hydroxylation is 2. The van der Waals surface area contributed by atoms with E-state index in [2.05, 4.69) is 5.10 Å². The highest BCUT2D eigenvalue weighted by Gasteiger charge is 2.23. The third kappa shape index (κ3) is 4.03. The van der Waals surface area contributed by atoms with Crippen LogP contribution in [0.4, 0.5) is 0 Å². The molecule has 1 aliphatic rings. The van der Waals surface area contributed by atoms with E-state index in [9.17, 15) is 8.42 Å². The van der Waals surface area contributed by atoms with Crippen molar-refractivity contribution < 1.29 is 8.42 Å². The second-order valence-electron chi connectivity index (χ2n) is 7.43. The van der Waals surface area contributed by atoms with Crippen molar-refractivity contribution in [2.45, 2.75) is 43.7 Å². The lowest BCUT2D eigenvalue weighted by Gasteiger charge is -2.20. The Morgan fingerprint density at radius 3 is 2.54 bits per heavy atom. The molecule has 2 aromatic carbocycles. The highest BCUT2D eigenvalue weighted by molar-refractivity contribution is 7.89. The lowest BCUT2D eigenvalue weighted by molar-refractivity contribution is 0.466. The molecule has 4 rings (SSSR count). The number of benzene rings is 2. The molecule has 0 radical (unpaired) electrons. The van der Waals surface area contributed by atoms with Crippen LogP contribution in [0.2, 0.25) is 0 Å². The average molecular weight is 396 g/mol. The van der Waals surface area contributed by atoms with E-state index in [1.165, 1.54) is 21.9 Å². The van der Waals surface area contributed by atoms with Crippen molar-refractivity contribution >= 4 is 10.0 Å². The van der Waals surface area contributed by atoms with Crippen LogP contribution in [0.25, 0.3) is 0 Å². The summed E-state index contributed by atoms with van der Waals surface area (Å²) in [5.74, 6) is 0. The quantitative estimate of drug-likeness (QED) is 0.640. The average Bonchev–Trinajstić information content (AvgIpc) is 3.15. The van der Waals surface area contributed by atoms with Gasteiger partial charge in [-0.25, -0.2) is 8.42 Å². The van der Waals surface area contributed by atoms with Gasteiger partial charge >= 0.3 is 0 Å². The fraction of sp³-hybridized carbons (Fsp3) is 0.318. The molecule has 0 aliphatic heterocycles. The molecular formula is C22H25N3O2S. The first-order valence-electron chi connectivity index (χ1n) is 9.66. The molecule has 146 valence electrons. The molecule has 0 saturated heterocycles. The van der Waals surface area contributed by atoms with E-state index in [0.29, 0.717) is 18.0 Å². The van der Waals surface area contributed by atoms with Gasteiger partial charge in [0, 0.05) is 25.4 Å². The predicted molar refractivity (Wildman–Crippen MR) is 110 cm³/mol. The first kappa shape index (κ1) is 18.9. The van der Waals surface area contributed by atoms with Gasteiger partial charge in [-0.15, -0.1) is 0 Å². The molecule has 3 aromatic rings. The summed E-state index contributed by atoms with van der Waals surface area (Å²) in [4.78, 5) is 0.382. The molecule has 0 bridgehead atoms. The molecule has 1 aromatic heterocycles. The van der Waals surface area contributed by atoms with Gasteiger partial charge in [-0.2, -0.15) is 9.40 Å². The monoisotopic (exact) mass is 395 g/mol. The molecule has 1 heterocycles.